The first-order valence-electron chi connectivity index (χ1n) is 8.30. The van der Waals surface area contributed by atoms with Gasteiger partial charge >= 0.3 is 6.03 Å². The van der Waals surface area contributed by atoms with Crippen molar-refractivity contribution in [1.82, 2.24) is 24.8 Å². The molecule has 0 bridgehead atoms. The summed E-state index contributed by atoms with van der Waals surface area (Å²) >= 11 is 0. The third kappa shape index (κ3) is 4.11. The van der Waals surface area contributed by atoms with Crippen LogP contribution in [0.5, 0.6) is 0 Å². The quantitative estimate of drug-likeness (QED) is 0.878. The normalized spacial score (nSPS) is 17.2. The van der Waals surface area contributed by atoms with Crippen molar-refractivity contribution in [1.29, 1.82) is 0 Å². The molecule has 3 rings (SSSR count). The van der Waals surface area contributed by atoms with Crippen molar-refractivity contribution in [3.05, 3.63) is 42.6 Å². The molecule has 0 aromatic carbocycles. The molecule has 128 valence electrons. The predicted octanol–water partition coefficient (Wildman–Crippen LogP) is 1.84. The summed E-state index contributed by atoms with van der Waals surface area (Å²) in [7, 11) is 0. The predicted molar refractivity (Wildman–Crippen MR) is 89.8 cm³/mol. The van der Waals surface area contributed by atoms with Crippen LogP contribution in [0.4, 0.5) is 4.79 Å². The number of amides is 2. The minimum absolute atomic E-state index is 0.0207. The molecule has 1 unspecified atom stereocenters. The van der Waals surface area contributed by atoms with Gasteiger partial charge in [0.05, 0.1) is 6.61 Å². The van der Waals surface area contributed by atoms with Crippen molar-refractivity contribution >= 4 is 6.03 Å². The fraction of sp³-hybridized carbons (Fsp3) is 0.471. The van der Waals surface area contributed by atoms with Crippen molar-refractivity contribution in [3.63, 3.8) is 0 Å². The summed E-state index contributed by atoms with van der Waals surface area (Å²) in [6.07, 6.45) is 8.04. The molecular weight excluding hydrogens is 306 g/mol. The van der Waals surface area contributed by atoms with Gasteiger partial charge in [-0.1, -0.05) is 6.07 Å². The molecule has 1 aliphatic rings. The van der Waals surface area contributed by atoms with Gasteiger partial charge in [0, 0.05) is 50.7 Å². The average Bonchev–Trinajstić information content (AvgIpc) is 3.30. The molecule has 1 aliphatic heterocycles. The van der Waals surface area contributed by atoms with Crippen molar-refractivity contribution in [2.45, 2.75) is 19.9 Å². The first-order valence-corrected chi connectivity index (χ1v) is 8.30. The van der Waals surface area contributed by atoms with Crippen molar-refractivity contribution in [2.75, 3.05) is 26.3 Å². The highest BCUT2D eigenvalue weighted by Crippen LogP contribution is 2.16. The minimum atomic E-state index is -0.0207. The molecule has 2 amide bonds. The van der Waals surface area contributed by atoms with Crippen LogP contribution in [0, 0.1) is 5.92 Å². The lowest BCUT2D eigenvalue weighted by Gasteiger charge is -2.17. The number of hydrogen-bond donors (Lipinski definition) is 1. The van der Waals surface area contributed by atoms with Crippen LogP contribution in [-0.2, 0) is 11.3 Å². The first-order chi connectivity index (χ1) is 11.8. The van der Waals surface area contributed by atoms with Crippen molar-refractivity contribution in [2.24, 2.45) is 5.92 Å². The summed E-state index contributed by atoms with van der Waals surface area (Å²) in [5, 5.41) is 2.96. The standard InChI is InChI=1S/C17H23N5O2/c1-2-24-12-15-5-7-21(11-15)17(23)20-10-14-3-4-16(19-9-14)22-8-6-18-13-22/h3-4,6,8-9,13,15H,2,5,7,10-12H2,1H3,(H,20,23). The zero-order chi connectivity index (χ0) is 16.8. The molecule has 7 nitrogen and oxygen atoms in total. The Bertz CT molecular complexity index is 642. The molecule has 0 spiro atoms. The molecular formula is C17H23N5O2. The summed E-state index contributed by atoms with van der Waals surface area (Å²) in [5.74, 6) is 1.26. The van der Waals surface area contributed by atoms with E-state index < -0.39 is 0 Å². The van der Waals surface area contributed by atoms with Gasteiger partial charge in [0.1, 0.15) is 12.1 Å². The van der Waals surface area contributed by atoms with Crippen molar-refractivity contribution in [3.8, 4) is 5.82 Å². The zero-order valence-corrected chi connectivity index (χ0v) is 13.9. The topological polar surface area (TPSA) is 72.3 Å². The van der Waals surface area contributed by atoms with E-state index in [0.717, 1.165) is 44.1 Å². The Morgan fingerprint density at radius 3 is 3.08 bits per heavy atom. The fourth-order valence-corrected chi connectivity index (χ4v) is 2.80. The summed E-state index contributed by atoms with van der Waals surface area (Å²) in [5.41, 5.74) is 0.970. The SMILES string of the molecule is CCOCC1CCN(C(=O)NCc2ccc(-n3ccnc3)nc2)C1. The van der Waals surface area contributed by atoms with E-state index in [1.54, 1.807) is 18.7 Å². The molecule has 0 radical (unpaired) electrons. The molecule has 7 heteroatoms. The average molecular weight is 329 g/mol. The largest absolute Gasteiger partial charge is 0.381 e. The number of nitrogens with one attached hydrogen (secondary N) is 1. The number of carbonyl (C=O) groups is 1. The molecule has 1 atom stereocenters. The molecule has 1 saturated heterocycles. The number of likely N-dealkylation sites (tertiary alicyclic amines) is 1. The Morgan fingerprint density at radius 1 is 1.46 bits per heavy atom. The Labute approximate surface area is 141 Å². The maximum Gasteiger partial charge on any atom is 0.317 e. The van der Waals surface area contributed by atoms with Crippen LogP contribution >= 0.6 is 0 Å². The van der Waals surface area contributed by atoms with Gasteiger partial charge in [0.25, 0.3) is 0 Å². The molecule has 24 heavy (non-hydrogen) atoms. The highest BCUT2D eigenvalue weighted by molar-refractivity contribution is 5.74. The number of urea groups is 1. The molecule has 2 aromatic heterocycles. The molecule has 0 aliphatic carbocycles. The van der Waals surface area contributed by atoms with Crippen molar-refractivity contribution < 1.29 is 9.53 Å². The second kappa shape index (κ2) is 7.92. The van der Waals surface area contributed by atoms with Gasteiger partial charge in [-0.3, -0.25) is 4.57 Å². The monoisotopic (exact) mass is 329 g/mol. The van der Waals surface area contributed by atoms with E-state index in [4.69, 9.17) is 4.74 Å². The fourth-order valence-electron chi connectivity index (χ4n) is 2.80. The Morgan fingerprint density at radius 2 is 2.38 bits per heavy atom. The van der Waals surface area contributed by atoms with Gasteiger partial charge in [-0.05, 0) is 25.0 Å². The highest BCUT2D eigenvalue weighted by Gasteiger charge is 2.25. The molecule has 1 N–H and O–H groups in total. The van der Waals surface area contributed by atoms with E-state index in [2.05, 4.69) is 15.3 Å². The third-order valence-corrected chi connectivity index (χ3v) is 4.15. The van der Waals surface area contributed by atoms with Crippen LogP contribution in [0.25, 0.3) is 5.82 Å². The number of rotatable bonds is 6. The van der Waals surface area contributed by atoms with Gasteiger partial charge in [-0.15, -0.1) is 0 Å². The summed E-state index contributed by atoms with van der Waals surface area (Å²) < 4.78 is 7.28. The van der Waals surface area contributed by atoms with Crippen LogP contribution in [0.15, 0.2) is 37.1 Å². The number of hydrogen-bond acceptors (Lipinski definition) is 4. The number of carbonyl (C=O) groups excluding carboxylic acids is 1. The third-order valence-electron chi connectivity index (χ3n) is 4.15. The number of imidazole rings is 1. The summed E-state index contributed by atoms with van der Waals surface area (Å²) in [6, 6.07) is 3.86. The van der Waals surface area contributed by atoms with Crippen LogP contribution in [-0.4, -0.2) is 51.8 Å². The lowest BCUT2D eigenvalue weighted by Crippen LogP contribution is -2.38. The lowest BCUT2D eigenvalue weighted by molar-refractivity contribution is 0.113. The molecule has 3 heterocycles. The van der Waals surface area contributed by atoms with Gasteiger partial charge in [0.2, 0.25) is 0 Å². The number of ether oxygens (including phenoxy) is 1. The van der Waals surface area contributed by atoms with Gasteiger partial charge in [-0.25, -0.2) is 14.8 Å². The van der Waals surface area contributed by atoms with E-state index in [9.17, 15) is 4.79 Å². The Balaban J connectivity index is 1.46. The van der Waals surface area contributed by atoms with Gasteiger partial charge in [0.15, 0.2) is 0 Å². The summed E-state index contributed by atoms with van der Waals surface area (Å²) in [6.45, 7) is 5.49. The zero-order valence-electron chi connectivity index (χ0n) is 13.9. The van der Waals surface area contributed by atoms with Gasteiger partial charge in [-0.2, -0.15) is 0 Å². The second-order valence-corrected chi connectivity index (χ2v) is 5.91. The van der Waals surface area contributed by atoms with Gasteiger partial charge < -0.3 is 15.0 Å². The number of aromatic nitrogens is 3. The van der Waals surface area contributed by atoms with Crippen LogP contribution in [0.3, 0.4) is 0 Å². The molecule has 1 fully saturated rings. The van der Waals surface area contributed by atoms with Crippen LogP contribution < -0.4 is 5.32 Å². The minimum Gasteiger partial charge on any atom is -0.381 e. The Hall–Kier alpha value is -2.41. The summed E-state index contributed by atoms with van der Waals surface area (Å²) in [4.78, 5) is 22.5. The van der Waals surface area contributed by atoms with E-state index in [0.29, 0.717) is 12.5 Å². The van der Waals surface area contributed by atoms with E-state index in [1.807, 2.05) is 34.7 Å². The smallest absolute Gasteiger partial charge is 0.317 e. The number of pyridine rings is 1. The first kappa shape index (κ1) is 16.4. The maximum atomic E-state index is 12.2. The lowest BCUT2D eigenvalue weighted by atomic mass is 10.1. The molecule has 0 saturated carbocycles. The van der Waals surface area contributed by atoms with Crippen LogP contribution in [0.2, 0.25) is 0 Å². The molecule has 2 aromatic rings. The Kier molecular flexibility index (Phi) is 5.43. The second-order valence-electron chi connectivity index (χ2n) is 5.91. The number of nitrogens with zero attached hydrogens (tertiary/aromatic N) is 4. The van der Waals surface area contributed by atoms with E-state index in [1.165, 1.54) is 0 Å². The van der Waals surface area contributed by atoms with Crippen LogP contribution in [0.1, 0.15) is 18.9 Å². The highest BCUT2D eigenvalue weighted by atomic mass is 16.5. The maximum absolute atomic E-state index is 12.2. The van der Waals surface area contributed by atoms with E-state index in [-0.39, 0.29) is 6.03 Å². The van der Waals surface area contributed by atoms with E-state index >= 15 is 0 Å².